The van der Waals surface area contributed by atoms with Crippen LogP contribution in [0.1, 0.15) is 55.4 Å². The summed E-state index contributed by atoms with van der Waals surface area (Å²) >= 11 is 0. The standard InChI is InChI=1S/C15H30N2O5/c1-9-16(13(19)21-14(3,4)5)12(18)17(11-20-10-2)22-15(6,7)8/h9-11H2,1-8H3. The Balaban J connectivity index is 5.09. The number of imide groups is 1. The summed E-state index contributed by atoms with van der Waals surface area (Å²) in [6.07, 6.45) is -0.709. The summed E-state index contributed by atoms with van der Waals surface area (Å²) in [6.45, 7) is 14.7. The largest absolute Gasteiger partial charge is 0.443 e. The lowest BCUT2D eigenvalue weighted by molar-refractivity contribution is -0.231. The van der Waals surface area contributed by atoms with Crippen molar-refractivity contribution >= 4 is 12.1 Å². The molecule has 0 unspecified atom stereocenters. The normalized spacial score (nSPS) is 12.0. The molecule has 0 fully saturated rings. The van der Waals surface area contributed by atoms with Crippen molar-refractivity contribution in [1.82, 2.24) is 9.96 Å². The Kier molecular flexibility index (Phi) is 7.83. The van der Waals surface area contributed by atoms with Crippen LogP contribution in [0.15, 0.2) is 0 Å². The van der Waals surface area contributed by atoms with Crippen LogP contribution in [0.5, 0.6) is 0 Å². The number of rotatable bonds is 5. The van der Waals surface area contributed by atoms with Gasteiger partial charge in [0.1, 0.15) is 12.3 Å². The third-order valence-corrected chi connectivity index (χ3v) is 2.17. The van der Waals surface area contributed by atoms with E-state index in [4.69, 9.17) is 14.3 Å². The molecule has 0 aromatic carbocycles. The monoisotopic (exact) mass is 318 g/mol. The second-order valence-corrected chi connectivity index (χ2v) is 6.71. The molecule has 7 nitrogen and oxygen atoms in total. The molecule has 0 heterocycles. The van der Waals surface area contributed by atoms with E-state index in [-0.39, 0.29) is 13.3 Å². The molecule has 0 aliphatic carbocycles. The summed E-state index contributed by atoms with van der Waals surface area (Å²) in [5, 5.41) is 1.04. The first-order valence-electron chi connectivity index (χ1n) is 7.50. The van der Waals surface area contributed by atoms with Gasteiger partial charge in [0.15, 0.2) is 0 Å². The predicted octanol–water partition coefficient (Wildman–Crippen LogP) is 3.39. The van der Waals surface area contributed by atoms with Gasteiger partial charge in [-0.25, -0.2) is 14.5 Å². The first-order valence-corrected chi connectivity index (χ1v) is 7.50. The highest BCUT2D eigenvalue weighted by atomic mass is 16.7. The quantitative estimate of drug-likeness (QED) is 0.574. The van der Waals surface area contributed by atoms with E-state index in [0.717, 1.165) is 9.96 Å². The summed E-state index contributed by atoms with van der Waals surface area (Å²) in [7, 11) is 0. The Morgan fingerprint density at radius 1 is 0.955 bits per heavy atom. The van der Waals surface area contributed by atoms with E-state index in [1.165, 1.54) is 0 Å². The number of ether oxygens (including phenoxy) is 2. The molecule has 7 heteroatoms. The van der Waals surface area contributed by atoms with Gasteiger partial charge < -0.3 is 9.47 Å². The third kappa shape index (κ3) is 8.19. The molecule has 22 heavy (non-hydrogen) atoms. The molecule has 0 spiro atoms. The molecule has 0 aromatic heterocycles. The van der Waals surface area contributed by atoms with Crippen molar-refractivity contribution in [3.63, 3.8) is 0 Å². The van der Waals surface area contributed by atoms with Crippen LogP contribution in [-0.4, -0.2) is 53.2 Å². The van der Waals surface area contributed by atoms with Crippen molar-refractivity contribution in [3.8, 4) is 0 Å². The molecule has 0 aromatic rings. The topological polar surface area (TPSA) is 68.3 Å². The highest BCUT2D eigenvalue weighted by molar-refractivity contribution is 5.90. The zero-order valence-corrected chi connectivity index (χ0v) is 15.1. The zero-order valence-electron chi connectivity index (χ0n) is 15.1. The number of nitrogens with zero attached hydrogens (tertiary/aromatic N) is 2. The maximum absolute atomic E-state index is 12.5. The van der Waals surface area contributed by atoms with E-state index < -0.39 is 23.3 Å². The Morgan fingerprint density at radius 2 is 1.50 bits per heavy atom. The molecule has 130 valence electrons. The Labute approximate surface area is 133 Å². The molecule has 0 radical (unpaired) electrons. The van der Waals surface area contributed by atoms with Crippen LogP contribution in [-0.2, 0) is 14.3 Å². The van der Waals surface area contributed by atoms with Gasteiger partial charge in [-0.3, -0.25) is 4.84 Å². The van der Waals surface area contributed by atoms with E-state index in [9.17, 15) is 9.59 Å². The summed E-state index contributed by atoms with van der Waals surface area (Å²) in [5.74, 6) is 0. The Hall–Kier alpha value is -1.34. The van der Waals surface area contributed by atoms with Gasteiger partial charge in [0.25, 0.3) is 0 Å². The van der Waals surface area contributed by atoms with Crippen molar-refractivity contribution in [2.24, 2.45) is 0 Å². The lowest BCUT2D eigenvalue weighted by atomic mass is 10.2. The minimum Gasteiger partial charge on any atom is -0.443 e. The molecule has 0 aliphatic heterocycles. The highest BCUT2D eigenvalue weighted by Crippen LogP contribution is 2.15. The van der Waals surface area contributed by atoms with Crippen LogP contribution in [0.4, 0.5) is 9.59 Å². The van der Waals surface area contributed by atoms with Crippen molar-refractivity contribution in [2.45, 2.75) is 66.6 Å². The second kappa shape index (κ2) is 8.33. The number of hydrogen-bond acceptors (Lipinski definition) is 5. The van der Waals surface area contributed by atoms with Crippen molar-refractivity contribution in [1.29, 1.82) is 0 Å². The van der Waals surface area contributed by atoms with Gasteiger partial charge in [0.2, 0.25) is 0 Å². The fraction of sp³-hybridized carbons (Fsp3) is 0.867. The van der Waals surface area contributed by atoms with E-state index in [1.807, 2.05) is 27.7 Å². The molecule has 0 saturated carbocycles. The zero-order chi connectivity index (χ0) is 17.6. The predicted molar refractivity (Wildman–Crippen MR) is 83.2 cm³/mol. The smallest absolute Gasteiger partial charge is 0.418 e. The van der Waals surface area contributed by atoms with E-state index >= 15 is 0 Å². The van der Waals surface area contributed by atoms with Crippen LogP contribution in [0.3, 0.4) is 0 Å². The van der Waals surface area contributed by atoms with E-state index in [0.29, 0.717) is 6.61 Å². The van der Waals surface area contributed by atoms with Crippen molar-refractivity contribution < 1.29 is 23.9 Å². The fourth-order valence-electron chi connectivity index (χ4n) is 1.42. The molecule has 0 N–H and O–H groups in total. The number of hydroxylamine groups is 2. The fourth-order valence-corrected chi connectivity index (χ4v) is 1.42. The Morgan fingerprint density at radius 3 is 1.86 bits per heavy atom. The van der Waals surface area contributed by atoms with Crippen molar-refractivity contribution in [2.75, 3.05) is 19.9 Å². The summed E-state index contributed by atoms with van der Waals surface area (Å²) in [4.78, 5) is 31.2. The van der Waals surface area contributed by atoms with Crippen molar-refractivity contribution in [3.05, 3.63) is 0 Å². The molecule has 0 rings (SSSR count). The second-order valence-electron chi connectivity index (χ2n) is 6.71. The first kappa shape index (κ1) is 20.7. The average Bonchev–Trinajstić information content (AvgIpc) is 2.31. The van der Waals surface area contributed by atoms with Crippen LogP contribution in [0.25, 0.3) is 0 Å². The molecule has 0 atom stereocenters. The molecular weight excluding hydrogens is 288 g/mol. The molecule has 0 bridgehead atoms. The molecular formula is C15H30N2O5. The van der Waals surface area contributed by atoms with Gasteiger partial charge >= 0.3 is 12.1 Å². The molecule has 0 saturated heterocycles. The Bertz CT molecular complexity index is 371. The van der Waals surface area contributed by atoms with Gasteiger partial charge in [0, 0.05) is 13.2 Å². The van der Waals surface area contributed by atoms with Crippen LogP contribution < -0.4 is 0 Å². The van der Waals surface area contributed by atoms with Crippen LogP contribution in [0.2, 0.25) is 0 Å². The lowest BCUT2D eigenvalue weighted by Gasteiger charge is -2.33. The van der Waals surface area contributed by atoms with Gasteiger partial charge in [-0.1, -0.05) is 0 Å². The molecule has 0 aliphatic rings. The maximum atomic E-state index is 12.5. The van der Waals surface area contributed by atoms with Crippen LogP contribution >= 0.6 is 0 Å². The summed E-state index contributed by atoms with van der Waals surface area (Å²) < 4.78 is 10.5. The summed E-state index contributed by atoms with van der Waals surface area (Å²) in [5.41, 5.74) is -1.28. The average molecular weight is 318 g/mol. The minimum atomic E-state index is -0.709. The van der Waals surface area contributed by atoms with Gasteiger partial charge in [-0.2, -0.15) is 5.06 Å². The number of hydrogen-bond donors (Lipinski definition) is 0. The number of carbonyl (C=O) groups excluding carboxylic acids is 2. The van der Waals surface area contributed by atoms with Gasteiger partial charge in [-0.05, 0) is 55.4 Å². The van der Waals surface area contributed by atoms with E-state index in [1.54, 1.807) is 27.7 Å². The number of amides is 3. The van der Waals surface area contributed by atoms with Crippen LogP contribution in [0, 0.1) is 0 Å². The van der Waals surface area contributed by atoms with Gasteiger partial charge in [-0.15, -0.1) is 0 Å². The number of carbonyl (C=O) groups is 2. The van der Waals surface area contributed by atoms with E-state index in [2.05, 4.69) is 0 Å². The first-order chi connectivity index (χ1) is 9.91. The van der Waals surface area contributed by atoms with Gasteiger partial charge in [0.05, 0.1) is 5.60 Å². The maximum Gasteiger partial charge on any atom is 0.418 e. The summed E-state index contributed by atoms with van der Waals surface area (Å²) in [6, 6.07) is -0.611. The highest BCUT2D eigenvalue weighted by Gasteiger charge is 2.32. The minimum absolute atomic E-state index is 0.0636. The SMILES string of the molecule is CCOCN(OC(C)(C)C)C(=O)N(CC)C(=O)OC(C)(C)C. The lowest BCUT2D eigenvalue weighted by Crippen LogP contribution is -2.50. The third-order valence-electron chi connectivity index (χ3n) is 2.17. The molecule has 3 amide bonds. The number of urea groups is 1.